The van der Waals surface area contributed by atoms with E-state index in [1.165, 1.54) is 0 Å². The molecular weight excluding hydrogens is 250 g/mol. The molecule has 3 N–H and O–H groups in total. The molecule has 1 aromatic rings. The summed E-state index contributed by atoms with van der Waals surface area (Å²) in [6, 6.07) is 7.75. The maximum Gasteiger partial charge on any atom is 0.0650 e. The number of halogens is 1. The fraction of sp³-hybridized carbons (Fsp3) is 0.571. The average molecular weight is 272 g/mol. The number of benzene rings is 1. The molecule has 0 spiro atoms. The molecule has 0 saturated heterocycles. The minimum absolute atomic E-state index is 0.0793. The Balaban J connectivity index is 2.86. The summed E-state index contributed by atoms with van der Waals surface area (Å²) < 4.78 is 0. The average Bonchev–Trinajstić information content (AvgIpc) is 2.42. The largest absolute Gasteiger partial charge is 0.394 e. The van der Waals surface area contributed by atoms with Crippen LogP contribution in [0, 0.1) is 0 Å². The predicted octanol–water partition coefficient (Wildman–Crippen LogP) is 2.51. The van der Waals surface area contributed by atoms with Crippen LogP contribution in [0.1, 0.15) is 38.3 Å². The Labute approximate surface area is 114 Å². The fourth-order valence-corrected chi connectivity index (χ4v) is 2.08. The van der Waals surface area contributed by atoms with Gasteiger partial charge in [-0.05, 0) is 30.5 Å². The number of aliphatic hydroxyl groups is 2. The molecule has 1 unspecified atom stereocenters. The van der Waals surface area contributed by atoms with Gasteiger partial charge in [-0.3, -0.25) is 0 Å². The van der Waals surface area contributed by atoms with Gasteiger partial charge in [0.2, 0.25) is 0 Å². The summed E-state index contributed by atoms with van der Waals surface area (Å²) in [5.74, 6) is 0. The summed E-state index contributed by atoms with van der Waals surface area (Å²) in [6.07, 6.45) is 1.55. The summed E-state index contributed by atoms with van der Waals surface area (Å²) in [6.45, 7) is 3.86. The highest BCUT2D eigenvalue weighted by atomic mass is 35.5. The Bertz CT molecular complexity index is 341. The summed E-state index contributed by atoms with van der Waals surface area (Å²) in [5.41, 5.74) is 0.488. The van der Waals surface area contributed by atoms with Gasteiger partial charge in [0.05, 0.1) is 18.8 Å². The van der Waals surface area contributed by atoms with Gasteiger partial charge in [-0.2, -0.15) is 0 Å². The van der Waals surface area contributed by atoms with Gasteiger partial charge in [-0.25, -0.2) is 0 Å². The maximum absolute atomic E-state index is 9.47. The molecule has 0 radical (unpaired) electrons. The van der Waals surface area contributed by atoms with E-state index in [-0.39, 0.29) is 19.3 Å². The van der Waals surface area contributed by atoms with Gasteiger partial charge in [0.25, 0.3) is 0 Å². The lowest BCUT2D eigenvalue weighted by Gasteiger charge is -2.34. The van der Waals surface area contributed by atoms with Crippen molar-refractivity contribution in [1.82, 2.24) is 5.32 Å². The Kier molecular flexibility index (Phi) is 6.09. The second kappa shape index (κ2) is 7.10. The van der Waals surface area contributed by atoms with E-state index >= 15 is 0 Å². The minimum atomic E-state index is -0.625. The second-order valence-corrected chi connectivity index (χ2v) is 5.04. The normalized spacial score (nSPS) is 13.6. The molecule has 0 amide bonds. The molecular formula is C14H22ClNO2. The summed E-state index contributed by atoms with van der Waals surface area (Å²) in [7, 11) is 0. The van der Waals surface area contributed by atoms with E-state index in [2.05, 4.69) is 12.2 Å². The van der Waals surface area contributed by atoms with Gasteiger partial charge >= 0.3 is 0 Å². The topological polar surface area (TPSA) is 52.5 Å². The molecule has 18 heavy (non-hydrogen) atoms. The van der Waals surface area contributed by atoms with Crippen molar-refractivity contribution in [3.8, 4) is 0 Å². The van der Waals surface area contributed by atoms with Crippen molar-refractivity contribution in [2.24, 2.45) is 0 Å². The van der Waals surface area contributed by atoms with Crippen molar-refractivity contribution in [2.75, 3.05) is 13.2 Å². The van der Waals surface area contributed by atoms with Gasteiger partial charge in [0, 0.05) is 11.1 Å². The number of hydrogen-bond donors (Lipinski definition) is 3. The summed E-state index contributed by atoms with van der Waals surface area (Å²) in [4.78, 5) is 0. The van der Waals surface area contributed by atoms with Crippen LogP contribution >= 0.6 is 11.6 Å². The van der Waals surface area contributed by atoms with Crippen LogP contribution in [0.3, 0.4) is 0 Å². The van der Waals surface area contributed by atoms with E-state index in [1.54, 1.807) is 0 Å². The Hall–Kier alpha value is -0.610. The van der Waals surface area contributed by atoms with Gasteiger partial charge in [-0.1, -0.05) is 37.6 Å². The van der Waals surface area contributed by atoms with Crippen LogP contribution in [0.5, 0.6) is 0 Å². The van der Waals surface area contributed by atoms with Crippen molar-refractivity contribution in [1.29, 1.82) is 0 Å². The highest BCUT2D eigenvalue weighted by Gasteiger charge is 2.29. The van der Waals surface area contributed by atoms with Crippen LogP contribution in [0.15, 0.2) is 24.3 Å². The first kappa shape index (κ1) is 15.4. The zero-order valence-corrected chi connectivity index (χ0v) is 11.7. The molecule has 0 aliphatic rings. The van der Waals surface area contributed by atoms with Crippen molar-refractivity contribution in [3.63, 3.8) is 0 Å². The van der Waals surface area contributed by atoms with Gasteiger partial charge in [0.15, 0.2) is 0 Å². The predicted molar refractivity (Wildman–Crippen MR) is 74.8 cm³/mol. The first-order valence-electron chi connectivity index (χ1n) is 6.35. The van der Waals surface area contributed by atoms with Crippen molar-refractivity contribution in [3.05, 3.63) is 34.9 Å². The minimum Gasteiger partial charge on any atom is -0.394 e. The number of hydrogen-bond acceptors (Lipinski definition) is 3. The molecule has 4 heteroatoms. The third kappa shape index (κ3) is 3.69. The smallest absolute Gasteiger partial charge is 0.0650 e. The van der Waals surface area contributed by atoms with E-state index < -0.39 is 5.54 Å². The molecule has 1 atom stereocenters. The molecule has 0 fully saturated rings. The quantitative estimate of drug-likeness (QED) is 0.714. The molecule has 0 aliphatic carbocycles. The third-order valence-corrected chi connectivity index (χ3v) is 3.70. The fourth-order valence-electron chi connectivity index (χ4n) is 1.95. The molecule has 0 saturated carbocycles. The van der Waals surface area contributed by atoms with Crippen LogP contribution in [0.2, 0.25) is 5.02 Å². The Morgan fingerprint density at radius 3 is 2.11 bits per heavy atom. The molecule has 1 aromatic carbocycles. The molecule has 0 heterocycles. The van der Waals surface area contributed by atoms with E-state index in [9.17, 15) is 10.2 Å². The van der Waals surface area contributed by atoms with Crippen molar-refractivity contribution < 1.29 is 10.2 Å². The summed E-state index contributed by atoms with van der Waals surface area (Å²) >= 11 is 5.87. The van der Waals surface area contributed by atoms with Crippen LogP contribution in [-0.2, 0) is 0 Å². The summed E-state index contributed by atoms with van der Waals surface area (Å²) in [5, 5.41) is 23.0. The number of nitrogens with one attached hydrogen (secondary N) is 1. The first-order chi connectivity index (χ1) is 8.60. The molecule has 1 rings (SSSR count). The standard InChI is InChI=1S/C14H22ClNO2/c1-3-13(11-5-7-12(15)8-6-11)16-14(4-2,9-17)10-18/h5-8,13,16-18H,3-4,9-10H2,1-2H3. The van der Waals surface area contributed by atoms with Crippen molar-refractivity contribution in [2.45, 2.75) is 38.3 Å². The highest BCUT2D eigenvalue weighted by molar-refractivity contribution is 6.30. The molecule has 3 nitrogen and oxygen atoms in total. The van der Waals surface area contributed by atoms with Crippen molar-refractivity contribution >= 4 is 11.6 Å². The van der Waals surface area contributed by atoms with Gasteiger partial charge in [-0.15, -0.1) is 0 Å². The van der Waals surface area contributed by atoms with E-state index in [4.69, 9.17) is 11.6 Å². The van der Waals surface area contributed by atoms with E-state index in [0.29, 0.717) is 11.4 Å². The van der Waals surface area contributed by atoms with E-state index in [0.717, 1.165) is 12.0 Å². The molecule has 102 valence electrons. The van der Waals surface area contributed by atoms with Gasteiger partial charge < -0.3 is 15.5 Å². The Morgan fingerprint density at radius 1 is 1.17 bits per heavy atom. The zero-order valence-electron chi connectivity index (χ0n) is 11.0. The van der Waals surface area contributed by atoms with E-state index in [1.807, 2.05) is 31.2 Å². The third-order valence-electron chi connectivity index (χ3n) is 3.44. The lowest BCUT2D eigenvalue weighted by Crippen LogP contribution is -2.52. The first-order valence-corrected chi connectivity index (χ1v) is 6.73. The van der Waals surface area contributed by atoms with Crippen LogP contribution in [0.25, 0.3) is 0 Å². The van der Waals surface area contributed by atoms with Crippen LogP contribution in [0.4, 0.5) is 0 Å². The highest BCUT2D eigenvalue weighted by Crippen LogP contribution is 2.23. The second-order valence-electron chi connectivity index (χ2n) is 4.61. The lowest BCUT2D eigenvalue weighted by molar-refractivity contribution is 0.0768. The molecule has 0 aliphatic heterocycles. The zero-order chi connectivity index (χ0) is 13.6. The number of rotatable bonds is 7. The van der Waals surface area contributed by atoms with Crippen LogP contribution < -0.4 is 5.32 Å². The molecule has 0 bridgehead atoms. The Morgan fingerprint density at radius 2 is 1.72 bits per heavy atom. The maximum atomic E-state index is 9.47. The number of aliphatic hydroxyl groups excluding tert-OH is 2. The SMILES string of the molecule is CCC(NC(CC)(CO)CO)c1ccc(Cl)cc1. The van der Waals surface area contributed by atoms with Crippen LogP contribution in [-0.4, -0.2) is 29.0 Å². The molecule has 0 aromatic heterocycles. The monoisotopic (exact) mass is 271 g/mol. The lowest BCUT2D eigenvalue weighted by atomic mass is 9.94. The van der Waals surface area contributed by atoms with Gasteiger partial charge in [0.1, 0.15) is 0 Å².